The van der Waals surface area contributed by atoms with E-state index in [1.165, 1.54) is 6.92 Å². The monoisotopic (exact) mass is 322 g/mol. The molecule has 0 saturated heterocycles. The first-order valence-electron chi connectivity index (χ1n) is 4.88. The molecule has 0 aliphatic heterocycles. The van der Waals surface area contributed by atoms with Gasteiger partial charge in [0, 0.05) is 6.16 Å². The summed E-state index contributed by atoms with van der Waals surface area (Å²) in [5, 5.41) is 0. The van der Waals surface area contributed by atoms with Crippen molar-refractivity contribution < 1.29 is 44.2 Å². The first-order valence-corrected chi connectivity index (χ1v) is 6.24. The Morgan fingerprint density at radius 1 is 0.842 bits per heavy atom. The van der Waals surface area contributed by atoms with Crippen LogP contribution in [0.3, 0.4) is 0 Å². The van der Waals surface area contributed by atoms with Gasteiger partial charge in [-0.2, -0.15) is 17.6 Å². The van der Waals surface area contributed by atoms with Crippen molar-refractivity contribution in [3.63, 3.8) is 0 Å². The summed E-state index contributed by atoms with van der Waals surface area (Å²) in [6.07, 6.45) is -8.15. The largest absolute Gasteiger partial charge is 0.330 e. The van der Waals surface area contributed by atoms with Crippen molar-refractivity contribution >= 4 is 8.38 Å². The van der Waals surface area contributed by atoms with Gasteiger partial charge in [-0.05, 0) is 0 Å². The van der Waals surface area contributed by atoms with Crippen molar-refractivity contribution in [2.45, 2.75) is 31.6 Å². The molecule has 0 fully saturated rings. The van der Waals surface area contributed by atoms with Crippen LogP contribution in [0.25, 0.3) is 0 Å². The van der Waals surface area contributed by atoms with Crippen molar-refractivity contribution in [1.29, 1.82) is 0 Å². The molecule has 0 aliphatic carbocycles. The van der Waals surface area contributed by atoms with Crippen LogP contribution in [-0.2, 0) is 9.05 Å². The molecule has 0 rings (SSSR count). The molecule has 11 heteroatoms. The van der Waals surface area contributed by atoms with E-state index in [1.807, 2.05) is 0 Å². The van der Waals surface area contributed by atoms with Gasteiger partial charge in [0.1, 0.15) is 13.2 Å². The van der Waals surface area contributed by atoms with Gasteiger partial charge in [-0.25, -0.2) is 17.6 Å². The maximum absolute atomic E-state index is 12.5. The van der Waals surface area contributed by atoms with Gasteiger partial charge in [0.2, 0.25) is 0 Å². The van der Waals surface area contributed by atoms with Crippen LogP contribution >= 0.6 is 8.38 Å². The van der Waals surface area contributed by atoms with Gasteiger partial charge in [-0.3, -0.25) is 0 Å². The minimum atomic E-state index is -4.45. The summed E-state index contributed by atoms with van der Waals surface area (Å²) >= 11 is 0. The summed E-state index contributed by atoms with van der Waals surface area (Å²) in [6.45, 7) is -2.18. The molecule has 0 saturated carbocycles. The number of halogens is 8. The highest BCUT2D eigenvalue weighted by molar-refractivity contribution is 7.47. The van der Waals surface area contributed by atoms with E-state index in [2.05, 4.69) is 9.05 Å². The Morgan fingerprint density at radius 2 is 1.16 bits per heavy atom. The quantitative estimate of drug-likeness (QED) is 0.469. The van der Waals surface area contributed by atoms with E-state index in [0.717, 1.165) is 0 Å². The van der Waals surface area contributed by atoms with E-state index in [1.54, 1.807) is 0 Å². The lowest BCUT2D eigenvalue weighted by Gasteiger charge is -2.22. The third kappa shape index (κ3) is 6.67. The molecule has 0 unspecified atom stereocenters. The fourth-order valence-electron chi connectivity index (χ4n) is 0.662. The van der Waals surface area contributed by atoms with Crippen molar-refractivity contribution in [3.8, 4) is 0 Å². The Labute approximate surface area is 105 Å². The second kappa shape index (κ2) is 7.54. The Morgan fingerprint density at radius 3 is 1.37 bits per heavy atom. The van der Waals surface area contributed by atoms with Gasteiger partial charge in [0.05, 0.1) is 0 Å². The Kier molecular flexibility index (Phi) is 7.46. The second-order valence-electron chi connectivity index (χ2n) is 3.32. The van der Waals surface area contributed by atoms with Gasteiger partial charge < -0.3 is 9.05 Å². The zero-order valence-corrected chi connectivity index (χ0v) is 10.5. The van der Waals surface area contributed by atoms with E-state index in [-0.39, 0.29) is 6.16 Å². The summed E-state index contributed by atoms with van der Waals surface area (Å²) in [5.41, 5.74) is 0. The van der Waals surface area contributed by atoms with E-state index in [4.69, 9.17) is 0 Å². The standard InChI is InChI=1S/C8H11F8O2P/c1-2-19(17-3-7(13,14)5(9)10)18-4-8(15,16)6(11)12/h5-6H,2-4H2,1H3. The van der Waals surface area contributed by atoms with Crippen molar-refractivity contribution in [3.05, 3.63) is 0 Å². The molecule has 0 aromatic heterocycles. The Balaban J connectivity index is 4.24. The average molecular weight is 322 g/mol. The van der Waals surface area contributed by atoms with Crippen molar-refractivity contribution in [2.75, 3.05) is 19.4 Å². The number of rotatable bonds is 9. The summed E-state index contributed by atoms with van der Waals surface area (Å²) in [7, 11) is -2.36. The van der Waals surface area contributed by atoms with Crippen LogP contribution in [0.5, 0.6) is 0 Å². The average Bonchev–Trinajstić information content (AvgIpc) is 2.28. The molecule has 0 bridgehead atoms. The zero-order chi connectivity index (χ0) is 15.3. The minimum Gasteiger partial charge on any atom is -0.327 e. The molecule has 2 nitrogen and oxygen atoms in total. The van der Waals surface area contributed by atoms with Gasteiger partial charge >= 0.3 is 24.7 Å². The first kappa shape index (κ1) is 18.8. The maximum atomic E-state index is 12.5. The number of hydrogen-bond donors (Lipinski definition) is 0. The summed E-state index contributed by atoms with van der Waals surface area (Å²) in [6, 6.07) is 0. The minimum absolute atomic E-state index is 0.187. The number of alkyl halides is 8. The van der Waals surface area contributed by atoms with E-state index in [0.29, 0.717) is 0 Å². The van der Waals surface area contributed by atoms with Gasteiger partial charge in [0.15, 0.2) is 8.38 Å². The normalized spacial score (nSPS) is 13.9. The molecule has 0 heterocycles. The highest BCUT2D eigenvalue weighted by Gasteiger charge is 2.44. The molecular formula is C8H11F8O2P. The highest BCUT2D eigenvalue weighted by Crippen LogP contribution is 2.42. The third-order valence-electron chi connectivity index (χ3n) is 1.70. The molecule has 0 amide bonds. The van der Waals surface area contributed by atoms with Gasteiger partial charge in [0.25, 0.3) is 0 Å². The SMILES string of the molecule is CCP(OCC(F)(F)C(F)F)OCC(F)(F)C(F)F. The Hall–Kier alpha value is -0.210. The zero-order valence-electron chi connectivity index (χ0n) is 9.56. The Bertz CT molecular complexity index is 239. The van der Waals surface area contributed by atoms with E-state index in [9.17, 15) is 35.1 Å². The van der Waals surface area contributed by atoms with Crippen LogP contribution in [-0.4, -0.2) is 44.1 Å². The van der Waals surface area contributed by atoms with Crippen LogP contribution < -0.4 is 0 Å². The fraction of sp³-hybridized carbons (Fsp3) is 1.00. The fourth-order valence-corrected chi connectivity index (χ4v) is 1.73. The van der Waals surface area contributed by atoms with Crippen LogP contribution in [0.1, 0.15) is 6.92 Å². The summed E-state index contributed by atoms with van der Waals surface area (Å²) in [5.74, 6) is -8.91. The van der Waals surface area contributed by atoms with Crippen molar-refractivity contribution in [1.82, 2.24) is 0 Å². The molecular weight excluding hydrogens is 311 g/mol. The summed E-state index contributed by atoms with van der Waals surface area (Å²) in [4.78, 5) is 0. The first-order chi connectivity index (χ1) is 8.53. The molecule has 0 atom stereocenters. The summed E-state index contributed by atoms with van der Waals surface area (Å²) < 4.78 is 105. The molecule has 0 radical (unpaired) electrons. The lowest BCUT2D eigenvalue weighted by Crippen LogP contribution is -2.33. The maximum Gasteiger partial charge on any atom is 0.330 e. The van der Waals surface area contributed by atoms with E-state index < -0.39 is 46.3 Å². The lowest BCUT2D eigenvalue weighted by molar-refractivity contribution is -0.156. The van der Waals surface area contributed by atoms with E-state index >= 15 is 0 Å². The van der Waals surface area contributed by atoms with Gasteiger partial charge in [-0.15, -0.1) is 0 Å². The van der Waals surface area contributed by atoms with Crippen LogP contribution in [0.4, 0.5) is 35.1 Å². The van der Waals surface area contributed by atoms with Crippen LogP contribution in [0.15, 0.2) is 0 Å². The lowest BCUT2D eigenvalue weighted by atomic mass is 10.4. The third-order valence-corrected chi connectivity index (χ3v) is 3.05. The van der Waals surface area contributed by atoms with Crippen LogP contribution in [0, 0.1) is 0 Å². The molecule has 0 aliphatic rings. The topological polar surface area (TPSA) is 18.5 Å². The number of hydrogen-bond acceptors (Lipinski definition) is 2. The molecule has 0 aromatic carbocycles. The molecule has 0 spiro atoms. The predicted molar refractivity (Wildman–Crippen MR) is 51.3 cm³/mol. The molecule has 19 heavy (non-hydrogen) atoms. The molecule has 0 aromatic rings. The van der Waals surface area contributed by atoms with Crippen molar-refractivity contribution in [2.24, 2.45) is 0 Å². The smallest absolute Gasteiger partial charge is 0.327 e. The van der Waals surface area contributed by atoms with Gasteiger partial charge in [-0.1, -0.05) is 6.92 Å². The second-order valence-corrected chi connectivity index (χ2v) is 5.13. The highest BCUT2D eigenvalue weighted by atomic mass is 31.2. The molecule has 0 N–H and O–H groups in total. The molecule has 116 valence electrons. The predicted octanol–water partition coefficient (Wildman–Crippen LogP) is 4.15. The van der Waals surface area contributed by atoms with Crippen LogP contribution in [0.2, 0.25) is 0 Å².